The fourth-order valence-electron chi connectivity index (χ4n) is 1.85. The minimum Gasteiger partial charge on any atom is -0.505 e. The van der Waals surface area contributed by atoms with E-state index in [1.54, 1.807) is 30.7 Å². The van der Waals surface area contributed by atoms with Crippen molar-refractivity contribution in [2.45, 2.75) is 0 Å². The first-order valence-electron chi connectivity index (χ1n) is 6.44. The van der Waals surface area contributed by atoms with Crippen LogP contribution in [0, 0.1) is 11.2 Å². The highest BCUT2D eigenvalue weighted by molar-refractivity contribution is 6.09. The van der Waals surface area contributed by atoms with Crippen molar-refractivity contribution in [2.24, 2.45) is 5.73 Å². The Labute approximate surface area is 127 Å². The number of anilines is 1. The molecule has 0 amide bonds. The molecule has 0 aliphatic rings. The molecule has 0 aliphatic carbocycles. The molecule has 0 aliphatic heterocycles. The van der Waals surface area contributed by atoms with Gasteiger partial charge in [0.1, 0.15) is 0 Å². The summed E-state index contributed by atoms with van der Waals surface area (Å²) in [6.45, 7) is 0. The van der Waals surface area contributed by atoms with Gasteiger partial charge in [-0.1, -0.05) is 0 Å². The Balaban J connectivity index is 2.20. The maximum Gasteiger partial charge on any atom is 0.164 e. The van der Waals surface area contributed by atoms with Crippen LogP contribution in [0.4, 0.5) is 10.1 Å². The molecule has 6 heteroatoms. The fourth-order valence-corrected chi connectivity index (χ4v) is 1.85. The molecule has 1 aromatic carbocycles. The van der Waals surface area contributed by atoms with Gasteiger partial charge in [-0.05, 0) is 29.8 Å². The Morgan fingerprint density at radius 2 is 2.18 bits per heavy atom. The molecule has 5 nitrogen and oxygen atoms in total. The lowest BCUT2D eigenvalue weighted by molar-refractivity contribution is 0.433. The molecule has 0 unspecified atom stereocenters. The Morgan fingerprint density at radius 3 is 2.86 bits per heavy atom. The summed E-state index contributed by atoms with van der Waals surface area (Å²) in [5, 5.41) is 19.6. The van der Waals surface area contributed by atoms with Crippen molar-refractivity contribution in [3.8, 4) is 5.75 Å². The van der Waals surface area contributed by atoms with E-state index in [2.05, 4.69) is 10.3 Å². The molecular weight excluding hydrogens is 283 g/mol. The number of nitrogens with one attached hydrogen (secondary N) is 2. The lowest BCUT2D eigenvalue weighted by Crippen LogP contribution is -1.95. The summed E-state index contributed by atoms with van der Waals surface area (Å²) >= 11 is 0. The summed E-state index contributed by atoms with van der Waals surface area (Å²) in [6.07, 6.45) is 9.15. The Morgan fingerprint density at radius 1 is 1.36 bits per heavy atom. The van der Waals surface area contributed by atoms with Crippen LogP contribution in [-0.2, 0) is 0 Å². The summed E-state index contributed by atoms with van der Waals surface area (Å²) in [7, 11) is 0. The summed E-state index contributed by atoms with van der Waals surface area (Å²) in [6, 6.07) is 5.72. The van der Waals surface area contributed by atoms with Gasteiger partial charge < -0.3 is 21.6 Å². The van der Waals surface area contributed by atoms with Crippen LogP contribution in [0.1, 0.15) is 11.1 Å². The lowest BCUT2D eigenvalue weighted by Gasteiger charge is -2.06. The van der Waals surface area contributed by atoms with Gasteiger partial charge in [0, 0.05) is 53.9 Å². The van der Waals surface area contributed by atoms with E-state index in [9.17, 15) is 9.50 Å². The summed E-state index contributed by atoms with van der Waals surface area (Å²) in [4.78, 5) is 4.04. The second-order valence-corrected chi connectivity index (χ2v) is 4.37. The van der Waals surface area contributed by atoms with Gasteiger partial charge in [-0.3, -0.25) is 4.98 Å². The number of phenolic OH excluding ortho intramolecular Hbond substituents is 1. The number of halogens is 1. The van der Waals surface area contributed by atoms with Crippen LogP contribution in [0.5, 0.6) is 5.75 Å². The van der Waals surface area contributed by atoms with Crippen molar-refractivity contribution in [3.05, 3.63) is 66.0 Å². The monoisotopic (exact) mass is 298 g/mol. The Hall–Kier alpha value is -3.15. The molecule has 22 heavy (non-hydrogen) atoms. The zero-order valence-electron chi connectivity index (χ0n) is 11.6. The van der Waals surface area contributed by atoms with E-state index >= 15 is 0 Å². The number of allylic oxidation sites excluding steroid dienone is 1. The van der Waals surface area contributed by atoms with Gasteiger partial charge in [-0.25, -0.2) is 4.39 Å². The van der Waals surface area contributed by atoms with Crippen LogP contribution in [0.25, 0.3) is 11.6 Å². The van der Waals surface area contributed by atoms with Crippen molar-refractivity contribution in [3.63, 3.8) is 0 Å². The summed E-state index contributed by atoms with van der Waals surface area (Å²) < 4.78 is 13.0. The number of nitrogens with two attached hydrogens (primary N) is 1. The third-order valence-corrected chi connectivity index (χ3v) is 2.96. The third-order valence-electron chi connectivity index (χ3n) is 2.96. The molecule has 1 aromatic heterocycles. The number of hydrogen-bond donors (Lipinski definition) is 4. The standard InChI is InChI=1S/C16H15FN4O/c17-15-2-1-13(7-16(15)22)21-6-3-11-10-20-5-4-14(11)12(8-18)9-19/h1-10,18,21-22H,19H2/b6-3+,12-9+,18-8?. The number of rotatable bonds is 5. The second-order valence-electron chi connectivity index (χ2n) is 4.37. The molecule has 2 rings (SSSR count). The van der Waals surface area contributed by atoms with Gasteiger partial charge in [0.15, 0.2) is 11.6 Å². The zero-order valence-corrected chi connectivity index (χ0v) is 11.6. The van der Waals surface area contributed by atoms with Crippen molar-refractivity contribution < 1.29 is 9.50 Å². The van der Waals surface area contributed by atoms with E-state index in [0.717, 1.165) is 17.3 Å². The molecule has 1 heterocycles. The van der Waals surface area contributed by atoms with Crippen LogP contribution >= 0.6 is 0 Å². The maximum atomic E-state index is 13.0. The smallest absolute Gasteiger partial charge is 0.164 e. The topological polar surface area (TPSA) is 95.0 Å². The third kappa shape index (κ3) is 3.49. The number of pyridine rings is 1. The number of hydrogen-bond acceptors (Lipinski definition) is 5. The van der Waals surface area contributed by atoms with E-state index in [1.165, 1.54) is 24.4 Å². The van der Waals surface area contributed by atoms with Crippen molar-refractivity contribution >= 4 is 23.6 Å². The highest BCUT2D eigenvalue weighted by Gasteiger charge is 2.03. The average Bonchev–Trinajstić information content (AvgIpc) is 2.53. The van der Waals surface area contributed by atoms with Gasteiger partial charge in [0.2, 0.25) is 0 Å². The van der Waals surface area contributed by atoms with Gasteiger partial charge in [0.05, 0.1) is 0 Å². The van der Waals surface area contributed by atoms with E-state index < -0.39 is 11.6 Å². The van der Waals surface area contributed by atoms with Crippen LogP contribution in [0.15, 0.2) is 49.1 Å². The molecule has 5 N–H and O–H groups in total. The number of aromatic nitrogens is 1. The quantitative estimate of drug-likeness (QED) is 0.638. The number of benzene rings is 1. The molecule has 0 atom stereocenters. The largest absolute Gasteiger partial charge is 0.505 e. The Kier molecular flexibility index (Phi) is 4.87. The molecular formula is C16H15FN4O. The van der Waals surface area contributed by atoms with Crippen molar-refractivity contribution in [2.75, 3.05) is 5.32 Å². The highest BCUT2D eigenvalue weighted by atomic mass is 19.1. The average molecular weight is 298 g/mol. The summed E-state index contributed by atoms with van der Waals surface area (Å²) in [5.41, 5.74) is 8.15. The second kappa shape index (κ2) is 7.03. The number of aromatic hydroxyl groups is 1. The van der Waals surface area contributed by atoms with Crippen LogP contribution < -0.4 is 11.1 Å². The van der Waals surface area contributed by atoms with Crippen LogP contribution in [-0.4, -0.2) is 16.3 Å². The highest BCUT2D eigenvalue weighted by Crippen LogP contribution is 2.21. The predicted octanol–water partition coefficient (Wildman–Crippen LogP) is 2.96. The van der Waals surface area contributed by atoms with E-state index in [4.69, 9.17) is 11.1 Å². The lowest BCUT2D eigenvalue weighted by atomic mass is 10.0. The molecule has 0 radical (unpaired) electrons. The maximum absolute atomic E-state index is 13.0. The van der Waals surface area contributed by atoms with Gasteiger partial charge >= 0.3 is 0 Å². The van der Waals surface area contributed by atoms with E-state index in [0.29, 0.717) is 11.3 Å². The molecule has 0 fully saturated rings. The van der Waals surface area contributed by atoms with E-state index in [1.807, 2.05) is 0 Å². The van der Waals surface area contributed by atoms with Crippen molar-refractivity contribution in [1.29, 1.82) is 5.41 Å². The molecule has 2 aromatic rings. The van der Waals surface area contributed by atoms with E-state index in [-0.39, 0.29) is 0 Å². The van der Waals surface area contributed by atoms with Crippen LogP contribution in [0.3, 0.4) is 0 Å². The number of nitrogens with zero attached hydrogens (tertiary/aromatic N) is 1. The molecule has 0 saturated carbocycles. The van der Waals surface area contributed by atoms with Crippen LogP contribution in [0.2, 0.25) is 0 Å². The van der Waals surface area contributed by atoms with Gasteiger partial charge in [-0.2, -0.15) is 0 Å². The first-order valence-corrected chi connectivity index (χ1v) is 6.44. The summed E-state index contributed by atoms with van der Waals surface area (Å²) in [5.74, 6) is -1.09. The molecule has 0 spiro atoms. The first-order chi connectivity index (χ1) is 10.7. The minimum atomic E-state index is -0.673. The zero-order chi connectivity index (χ0) is 15.9. The van der Waals surface area contributed by atoms with Gasteiger partial charge in [-0.15, -0.1) is 0 Å². The Bertz CT molecular complexity index is 741. The van der Waals surface area contributed by atoms with Crippen molar-refractivity contribution in [1.82, 2.24) is 4.98 Å². The SMILES string of the molecule is N=C/C(=C\N)c1ccncc1/C=C/Nc1ccc(F)c(O)c1. The molecule has 112 valence electrons. The molecule has 0 bridgehead atoms. The molecule has 0 saturated heterocycles. The fraction of sp³-hybridized carbons (Fsp3) is 0. The minimum absolute atomic E-state index is 0.419. The van der Waals surface area contributed by atoms with Gasteiger partial charge in [0.25, 0.3) is 0 Å². The number of phenols is 1. The normalized spacial score (nSPS) is 11.6. The predicted molar refractivity (Wildman–Crippen MR) is 85.9 cm³/mol. The first kappa shape index (κ1) is 15.2.